The molecule has 8 rings (SSSR count). The van der Waals surface area contributed by atoms with Gasteiger partial charge in [0.15, 0.2) is 0 Å². The Morgan fingerprint density at radius 2 is 1.68 bits per heavy atom. The third-order valence-corrected chi connectivity index (χ3v) is 14.5. The molecule has 5 N–H and O–H groups in total. The van der Waals surface area contributed by atoms with Crippen LogP contribution in [0.25, 0.3) is 11.0 Å². The van der Waals surface area contributed by atoms with Gasteiger partial charge in [-0.05, 0) is 115 Å². The number of aryl methyl sites for hydroxylation is 1. The van der Waals surface area contributed by atoms with Gasteiger partial charge in [-0.15, -0.1) is 0 Å². The number of hydrogen-bond acceptors (Lipinski definition) is 14. The van der Waals surface area contributed by atoms with Crippen molar-refractivity contribution in [1.29, 1.82) is 0 Å². The fourth-order valence-electron chi connectivity index (χ4n) is 9.05. The van der Waals surface area contributed by atoms with Gasteiger partial charge in [0.2, 0.25) is 17.8 Å². The van der Waals surface area contributed by atoms with Crippen molar-refractivity contribution in [2.24, 2.45) is 5.92 Å². The molecule has 0 saturated carbocycles. The number of carbonyl (C=O) groups excluding carboxylic acids is 2. The van der Waals surface area contributed by atoms with E-state index < -0.39 is 7.14 Å². The Morgan fingerprint density at radius 3 is 2.43 bits per heavy atom. The maximum Gasteiger partial charge on any atom is 0.234 e. The summed E-state index contributed by atoms with van der Waals surface area (Å²) in [6.07, 6.45) is 10.0. The fraction of sp³-hybridized carbons (Fsp3) is 0.435. The van der Waals surface area contributed by atoms with Crippen LogP contribution in [0.15, 0.2) is 71.6 Å². The third-order valence-electron chi connectivity index (χ3n) is 12.4. The minimum atomic E-state index is -2.77. The van der Waals surface area contributed by atoms with Crippen LogP contribution in [0.3, 0.4) is 0 Å². The standard InChI is InChI=1S/C46H57BrN11O4P/c1-5-30-24-38(54-46-52-27-35(47)44(56-46)53-37-12-11-36-42(51-20-19-50-36)43(37)63(3,4)61)40(62-2)25-39(30)57-22-15-32(16-23-57)49-18-17-48-26-29-14-21-58(28-29)33-8-6-31(7-9-33)34-10-13-41(59)55-45(34)60/h6-9,11-12,19-20,24-25,27,29,32,34,48-49H,5,10,13-18,21-23,26,28H2,1-4H3,(H,55,59,60)(H2,52,53,54,56)/t29-,34?/m0/s1. The molecular weight excluding hydrogens is 881 g/mol. The normalized spacial score (nSPS) is 18.5. The van der Waals surface area contributed by atoms with Gasteiger partial charge in [0.25, 0.3) is 0 Å². The van der Waals surface area contributed by atoms with Gasteiger partial charge in [-0.1, -0.05) is 19.1 Å². The maximum absolute atomic E-state index is 13.5. The highest BCUT2D eigenvalue weighted by molar-refractivity contribution is 9.10. The van der Waals surface area contributed by atoms with Crippen LogP contribution in [0.2, 0.25) is 0 Å². The number of amides is 2. The Kier molecular flexibility index (Phi) is 13.9. The third kappa shape index (κ3) is 10.5. The maximum atomic E-state index is 13.5. The van der Waals surface area contributed by atoms with E-state index in [-0.39, 0.29) is 17.7 Å². The lowest BCUT2D eigenvalue weighted by Crippen LogP contribution is -2.44. The average molecular weight is 939 g/mol. The summed E-state index contributed by atoms with van der Waals surface area (Å²) in [6, 6.07) is 16.8. The molecule has 0 bridgehead atoms. The van der Waals surface area contributed by atoms with E-state index >= 15 is 0 Å². The number of nitrogens with one attached hydrogen (secondary N) is 5. The van der Waals surface area contributed by atoms with Crippen molar-refractivity contribution in [1.82, 2.24) is 35.9 Å². The molecule has 1 unspecified atom stereocenters. The number of rotatable bonds is 16. The van der Waals surface area contributed by atoms with Crippen LogP contribution in [0.4, 0.5) is 34.5 Å². The molecule has 2 atom stereocenters. The second-order valence-corrected chi connectivity index (χ2v) is 21.0. The van der Waals surface area contributed by atoms with Crippen molar-refractivity contribution in [3.63, 3.8) is 0 Å². The Balaban J connectivity index is 0.809. The van der Waals surface area contributed by atoms with E-state index in [2.05, 4.69) is 98.5 Å². The summed E-state index contributed by atoms with van der Waals surface area (Å²) in [7, 11) is -1.08. The number of ether oxygens (including phenoxy) is 1. The summed E-state index contributed by atoms with van der Waals surface area (Å²) in [5, 5.41) is 17.4. The van der Waals surface area contributed by atoms with Crippen LogP contribution >= 0.6 is 23.1 Å². The van der Waals surface area contributed by atoms with Gasteiger partial charge >= 0.3 is 0 Å². The number of fused-ring (bicyclic) bond motifs is 1. The van der Waals surface area contributed by atoms with Crippen LogP contribution in [0.5, 0.6) is 5.75 Å². The Bertz CT molecular complexity index is 2500. The molecule has 63 heavy (non-hydrogen) atoms. The van der Waals surface area contributed by atoms with Crippen molar-refractivity contribution >= 4 is 85.7 Å². The Labute approximate surface area is 377 Å². The predicted octanol–water partition coefficient (Wildman–Crippen LogP) is 6.68. The van der Waals surface area contributed by atoms with Crippen LogP contribution in [-0.4, -0.2) is 104 Å². The minimum Gasteiger partial charge on any atom is -0.494 e. The predicted molar refractivity (Wildman–Crippen MR) is 255 cm³/mol. The molecule has 3 fully saturated rings. The van der Waals surface area contributed by atoms with E-state index in [0.717, 1.165) is 82.7 Å². The number of hydrogen-bond donors (Lipinski definition) is 5. The van der Waals surface area contributed by atoms with E-state index in [1.54, 1.807) is 39.0 Å². The molecule has 0 spiro atoms. The molecular formula is C46H57BrN11O4P. The van der Waals surface area contributed by atoms with Gasteiger partial charge < -0.3 is 40.4 Å². The average Bonchev–Trinajstić information content (AvgIpc) is 3.76. The topological polar surface area (TPSA) is 179 Å². The molecule has 3 aliphatic rings. The fourth-order valence-corrected chi connectivity index (χ4v) is 10.7. The van der Waals surface area contributed by atoms with Crippen LogP contribution in [0, 0.1) is 5.92 Å². The van der Waals surface area contributed by atoms with Crippen molar-refractivity contribution in [3.05, 3.63) is 82.7 Å². The molecule has 0 radical (unpaired) electrons. The largest absolute Gasteiger partial charge is 0.494 e. The molecule has 3 aliphatic heterocycles. The van der Waals surface area contributed by atoms with Gasteiger partial charge in [-0.3, -0.25) is 24.9 Å². The van der Waals surface area contributed by atoms with Gasteiger partial charge in [0.05, 0.1) is 39.7 Å². The number of methoxy groups -OCH3 is 1. The minimum absolute atomic E-state index is 0.180. The monoisotopic (exact) mass is 937 g/mol. The number of imide groups is 1. The molecule has 3 aromatic carbocycles. The van der Waals surface area contributed by atoms with Crippen molar-refractivity contribution in [2.75, 3.05) is 86.7 Å². The van der Waals surface area contributed by atoms with Crippen LogP contribution in [-0.2, 0) is 20.6 Å². The van der Waals surface area contributed by atoms with Gasteiger partial charge in [0, 0.05) is 87.8 Å². The summed E-state index contributed by atoms with van der Waals surface area (Å²) in [5.41, 5.74) is 7.26. The Morgan fingerprint density at radius 1 is 0.905 bits per heavy atom. The first-order valence-corrected chi connectivity index (χ1v) is 25.3. The molecule has 15 nitrogen and oxygen atoms in total. The first-order chi connectivity index (χ1) is 30.5. The molecule has 2 amide bonds. The number of anilines is 6. The summed E-state index contributed by atoms with van der Waals surface area (Å²) in [4.78, 5) is 47.0. The number of nitrogens with zero attached hydrogens (tertiary/aromatic N) is 6. The first-order valence-electron chi connectivity index (χ1n) is 21.9. The summed E-state index contributed by atoms with van der Waals surface area (Å²) >= 11 is 3.60. The van der Waals surface area contributed by atoms with Crippen molar-refractivity contribution in [3.8, 4) is 5.75 Å². The molecule has 5 heterocycles. The lowest BCUT2D eigenvalue weighted by molar-refractivity contribution is -0.134. The van der Waals surface area contributed by atoms with Gasteiger partial charge in [-0.2, -0.15) is 4.98 Å². The molecule has 5 aromatic rings. The SMILES string of the molecule is CCc1cc(Nc2ncc(Br)c(Nc3ccc4nccnc4c3P(C)(C)=O)n2)c(OC)cc1N1CCC(NCCNC[C@@H]2CCN(c3ccc(C4CCC(=O)NC4=O)cc3)C2)CC1. The number of halogens is 1. The molecule has 2 aromatic heterocycles. The number of carbonyl (C=O) groups is 2. The molecule has 3 saturated heterocycles. The van der Waals surface area contributed by atoms with Crippen molar-refractivity contribution < 1.29 is 18.9 Å². The number of aromatic nitrogens is 4. The highest BCUT2D eigenvalue weighted by atomic mass is 79.9. The lowest BCUT2D eigenvalue weighted by atomic mass is 9.90. The highest BCUT2D eigenvalue weighted by Gasteiger charge is 2.29. The molecule has 17 heteroatoms. The zero-order valence-electron chi connectivity index (χ0n) is 36.4. The quantitative estimate of drug-likeness (QED) is 0.0402. The zero-order chi connectivity index (χ0) is 44.1. The van der Waals surface area contributed by atoms with E-state index in [1.807, 2.05) is 24.3 Å². The second kappa shape index (κ2) is 19.7. The van der Waals surface area contributed by atoms with Gasteiger partial charge in [0.1, 0.15) is 24.2 Å². The highest BCUT2D eigenvalue weighted by Crippen LogP contribution is 2.42. The lowest BCUT2D eigenvalue weighted by Gasteiger charge is -2.35. The molecule has 0 aliphatic carbocycles. The van der Waals surface area contributed by atoms with E-state index in [1.165, 1.54) is 16.9 Å². The summed E-state index contributed by atoms with van der Waals surface area (Å²) in [6.45, 7) is 12.4. The van der Waals surface area contributed by atoms with Crippen LogP contribution < -0.4 is 46.4 Å². The zero-order valence-corrected chi connectivity index (χ0v) is 38.9. The first kappa shape index (κ1) is 44.5. The van der Waals surface area contributed by atoms with E-state index in [0.29, 0.717) is 68.8 Å². The molecule has 332 valence electrons. The summed E-state index contributed by atoms with van der Waals surface area (Å²) < 4.78 is 20.1. The van der Waals surface area contributed by atoms with E-state index in [9.17, 15) is 14.2 Å². The van der Waals surface area contributed by atoms with Crippen LogP contribution in [0.1, 0.15) is 56.1 Å². The number of piperidine rings is 2. The Hall–Kier alpha value is -5.15. The van der Waals surface area contributed by atoms with Gasteiger partial charge in [-0.25, -0.2) is 4.98 Å². The number of benzene rings is 3. The van der Waals surface area contributed by atoms with E-state index in [4.69, 9.17) is 9.72 Å². The second-order valence-electron chi connectivity index (χ2n) is 17.0. The summed E-state index contributed by atoms with van der Waals surface area (Å²) in [5.74, 6) is 1.58. The van der Waals surface area contributed by atoms with Crippen molar-refractivity contribution in [2.45, 2.75) is 57.4 Å². The smallest absolute Gasteiger partial charge is 0.234 e.